The number of fused-ring (bicyclic) bond motifs is 2. The van der Waals surface area contributed by atoms with E-state index in [1.807, 2.05) is 124 Å². The molecule has 7 rings (SSSR count). The summed E-state index contributed by atoms with van der Waals surface area (Å²) < 4.78 is 7.02. The van der Waals surface area contributed by atoms with Crippen LogP contribution in [0.1, 0.15) is 23.6 Å². The second kappa shape index (κ2) is 11.4. The summed E-state index contributed by atoms with van der Waals surface area (Å²) in [5.41, 5.74) is 1.79. The van der Waals surface area contributed by atoms with Crippen molar-refractivity contribution in [2.24, 2.45) is 11.8 Å². The van der Waals surface area contributed by atoms with Crippen LogP contribution in [0.4, 0.5) is 11.4 Å². The molecule has 0 aromatic heterocycles. The third-order valence-corrected chi connectivity index (χ3v) is 10.1. The molecule has 1 N–H and O–H groups in total. The van der Waals surface area contributed by atoms with Gasteiger partial charge in [-0.3, -0.25) is 14.4 Å². The number of carbonyl (C=O) groups excluding carboxylic acids is 3. The number of amides is 3. The summed E-state index contributed by atoms with van der Waals surface area (Å²) >= 11 is 0. The molecule has 3 aromatic rings. The molecule has 0 bridgehead atoms. The van der Waals surface area contributed by atoms with Crippen LogP contribution in [-0.4, -0.2) is 70.7 Å². The number of anilines is 2. The van der Waals surface area contributed by atoms with Gasteiger partial charge in [0.05, 0.1) is 30.1 Å². The predicted octanol–water partition coefficient (Wildman–Crippen LogP) is 4.38. The average Bonchev–Trinajstić information content (AvgIpc) is 3.33. The molecule has 2 fully saturated rings. The van der Waals surface area contributed by atoms with Crippen molar-refractivity contribution >= 4 is 29.1 Å². The number of para-hydroxylation sites is 1. The van der Waals surface area contributed by atoms with E-state index in [-0.39, 0.29) is 30.9 Å². The van der Waals surface area contributed by atoms with Crippen molar-refractivity contribution < 1.29 is 24.2 Å². The van der Waals surface area contributed by atoms with E-state index < -0.39 is 35.1 Å². The normalized spacial score (nSPS) is 29.3. The summed E-state index contributed by atoms with van der Waals surface area (Å²) in [6.07, 6.45) is 7.89. The highest BCUT2D eigenvalue weighted by Gasteiger charge is 2.75. The van der Waals surface area contributed by atoms with E-state index in [4.69, 9.17) is 4.74 Å². The fraction of sp³-hybridized carbons (Fsp3) is 0.342. The summed E-state index contributed by atoms with van der Waals surface area (Å²) in [5, 5.41) is 10.8. The van der Waals surface area contributed by atoms with E-state index in [0.717, 1.165) is 28.1 Å². The van der Waals surface area contributed by atoms with Crippen LogP contribution in [0.25, 0.3) is 0 Å². The molecule has 46 heavy (non-hydrogen) atoms. The Labute approximate surface area is 269 Å². The highest BCUT2D eigenvalue weighted by atomic mass is 16.5. The van der Waals surface area contributed by atoms with Crippen molar-refractivity contribution in [3.63, 3.8) is 0 Å². The van der Waals surface area contributed by atoms with Gasteiger partial charge in [-0.15, -0.1) is 0 Å². The van der Waals surface area contributed by atoms with Gasteiger partial charge in [0, 0.05) is 24.5 Å². The number of likely N-dealkylation sites (tertiary alicyclic amines) is 1. The molecule has 8 heteroatoms. The molecule has 3 aromatic carbocycles. The highest BCUT2D eigenvalue weighted by Crippen LogP contribution is 2.58. The van der Waals surface area contributed by atoms with Crippen LogP contribution in [0.15, 0.2) is 103 Å². The van der Waals surface area contributed by atoms with Crippen molar-refractivity contribution in [2.75, 3.05) is 29.5 Å². The van der Waals surface area contributed by atoms with Gasteiger partial charge in [0.25, 0.3) is 5.91 Å². The summed E-state index contributed by atoms with van der Waals surface area (Å²) in [7, 11) is 0. The molecule has 3 amide bonds. The predicted molar refractivity (Wildman–Crippen MR) is 176 cm³/mol. The first-order valence-electron chi connectivity index (χ1n) is 16.0. The molecule has 6 atom stereocenters. The monoisotopic (exact) mass is 617 g/mol. The van der Waals surface area contributed by atoms with E-state index in [1.54, 1.807) is 14.7 Å². The molecule has 1 spiro atoms. The lowest BCUT2D eigenvalue weighted by molar-refractivity contribution is -0.148. The quantitative estimate of drug-likeness (QED) is 0.415. The van der Waals surface area contributed by atoms with Crippen molar-refractivity contribution in [2.45, 2.75) is 50.5 Å². The zero-order valence-corrected chi connectivity index (χ0v) is 26.4. The minimum Gasteiger partial charge on any atom is -0.394 e. The molecule has 4 aliphatic rings. The van der Waals surface area contributed by atoms with Crippen LogP contribution in [0.2, 0.25) is 0 Å². The molecule has 236 valence electrons. The topological polar surface area (TPSA) is 90.4 Å². The number of hydrogen-bond donors (Lipinski definition) is 1. The fourth-order valence-corrected chi connectivity index (χ4v) is 8.06. The van der Waals surface area contributed by atoms with Crippen LogP contribution in [0.3, 0.4) is 0 Å². The number of ether oxygens (including phenoxy) is 1. The first-order valence-corrected chi connectivity index (χ1v) is 16.0. The lowest BCUT2D eigenvalue weighted by atomic mass is 9.74. The van der Waals surface area contributed by atoms with Gasteiger partial charge in [0.1, 0.15) is 11.6 Å². The minimum atomic E-state index is -1.43. The summed E-state index contributed by atoms with van der Waals surface area (Å²) in [6, 6.07) is 23.2. The molecule has 8 nitrogen and oxygen atoms in total. The summed E-state index contributed by atoms with van der Waals surface area (Å²) in [6.45, 7) is 6.06. The average molecular weight is 618 g/mol. The molecule has 0 radical (unpaired) electrons. The lowest BCUT2D eigenvalue weighted by Crippen LogP contribution is -2.59. The standard InChI is InChI=1S/C38H39N3O5/c1-25-16-17-26(2)30(22-25)40-21-11-19-38-32(31-34(43)39(28-14-8-5-9-15-28)20-10-18-37(31,3)46-38)35(44)41(33(38)36(40)45)29(24-42)23-27-12-6-4-7-13-27/h4-19,22,29,31-33,42H,20-21,23-24H2,1-3H3/t29-,31-,32+,33?,37+,38+/m1/s1. The SMILES string of the molecule is Cc1ccc(C)c(N2CC=C[C@]34O[C@@]5(C)C=CCN(c6ccccc6)C(=O)[C@H]5[C@H]3C(=O)N([C@@H](CO)Cc3ccccc3)C4C2=O)c1. The van der Waals surface area contributed by atoms with Crippen LogP contribution in [0.5, 0.6) is 0 Å². The maximum Gasteiger partial charge on any atom is 0.253 e. The van der Waals surface area contributed by atoms with Gasteiger partial charge in [0.15, 0.2) is 0 Å². The van der Waals surface area contributed by atoms with Crippen molar-refractivity contribution in [3.05, 3.63) is 120 Å². The molecule has 0 aliphatic carbocycles. The second-order valence-corrected chi connectivity index (χ2v) is 13.1. The van der Waals surface area contributed by atoms with Gasteiger partial charge in [-0.1, -0.05) is 85.0 Å². The largest absolute Gasteiger partial charge is 0.394 e. The first kappa shape index (κ1) is 30.1. The minimum absolute atomic E-state index is 0.227. The number of benzene rings is 3. The number of aliphatic hydroxyl groups excluding tert-OH is 1. The number of nitrogens with zero attached hydrogens (tertiary/aromatic N) is 3. The third-order valence-electron chi connectivity index (χ3n) is 10.1. The van der Waals surface area contributed by atoms with Gasteiger partial charge in [-0.05, 0) is 62.1 Å². The molecule has 1 unspecified atom stereocenters. The van der Waals surface area contributed by atoms with E-state index in [1.165, 1.54) is 0 Å². The van der Waals surface area contributed by atoms with Gasteiger partial charge >= 0.3 is 0 Å². The Balaban J connectivity index is 1.38. The Kier molecular flexibility index (Phi) is 7.45. The Morgan fingerprint density at radius 1 is 0.826 bits per heavy atom. The molecule has 4 heterocycles. The third kappa shape index (κ3) is 4.62. The van der Waals surface area contributed by atoms with Gasteiger partial charge in [0.2, 0.25) is 11.8 Å². The maximum atomic E-state index is 15.0. The van der Waals surface area contributed by atoms with E-state index >= 15 is 4.79 Å². The molecular formula is C38H39N3O5. The van der Waals surface area contributed by atoms with Crippen LogP contribution in [-0.2, 0) is 25.5 Å². The molecule has 0 saturated carbocycles. The number of hydrogen-bond acceptors (Lipinski definition) is 5. The van der Waals surface area contributed by atoms with Gasteiger partial charge in [-0.25, -0.2) is 0 Å². The van der Waals surface area contributed by atoms with E-state index in [0.29, 0.717) is 13.0 Å². The van der Waals surface area contributed by atoms with E-state index in [9.17, 15) is 14.7 Å². The van der Waals surface area contributed by atoms with Crippen LogP contribution in [0, 0.1) is 25.7 Å². The number of aliphatic hydroxyl groups is 1. The van der Waals surface area contributed by atoms with Crippen LogP contribution >= 0.6 is 0 Å². The molecule has 2 saturated heterocycles. The highest BCUT2D eigenvalue weighted by molar-refractivity contribution is 6.08. The number of carbonyl (C=O) groups is 3. The Hall–Kier alpha value is -4.53. The van der Waals surface area contributed by atoms with E-state index in [2.05, 4.69) is 0 Å². The van der Waals surface area contributed by atoms with Crippen molar-refractivity contribution in [3.8, 4) is 0 Å². The van der Waals surface area contributed by atoms with Gasteiger partial charge < -0.3 is 24.5 Å². The smallest absolute Gasteiger partial charge is 0.253 e. The Bertz CT molecular complexity index is 1740. The first-order chi connectivity index (χ1) is 22.2. The molecule has 4 aliphatic heterocycles. The maximum absolute atomic E-state index is 15.0. The zero-order valence-electron chi connectivity index (χ0n) is 26.4. The number of rotatable bonds is 6. The Morgan fingerprint density at radius 3 is 2.22 bits per heavy atom. The van der Waals surface area contributed by atoms with Crippen molar-refractivity contribution in [1.82, 2.24) is 4.90 Å². The Morgan fingerprint density at radius 2 is 1.50 bits per heavy atom. The summed E-state index contributed by atoms with van der Waals surface area (Å²) in [4.78, 5) is 49.6. The van der Waals surface area contributed by atoms with Crippen LogP contribution < -0.4 is 9.80 Å². The van der Waals surface area contributed by atoms with Gasteiger partial charge in [-0.2, -0.15) is 0 Å². The van der Waals surface area contributed by atoms with Crippen molar-refractivity contribution in [1.29, 1.82) is 0 Å². The lowest BCUT2D eigenvalue weighted by Gasteiger charge is -2.40. The second-order valence-electron chi connectivity index (χ2n) is 13.1. The zero-order chi connectivity index (χ0) is 32.2. The molecular weight excluding hydrogens is 578 g/mol. The summed E-state index contributed by atoms with van der Waals surface area (Å²) in [5.74, 6) is -2.75. The number of aryl methyl sites for hydroxylation is 2. The fourth-order valence-electron chi connectivity index (χ4n) is 8.06.